The summed E-state index contributed by atoms with van der Waals surface area (Å²) in [4.78, 5) is 21.3. The fourth-order valence-electron chi connectivity index (χ4n) is 1.65. The number of hydrogen-bond acceptors (Lipinski definition) is 4. The molecule has 1 fully saturated rings. The summed E-state index contributed by atoms with van der Waals surface area (Å²) in [5.74, 6) is -0.156. The van der Waals surface area contributed by atoms with Crippen molar-refractivity contribution in [2.75, 3.05) is 13.1 Å². The number of hydrogen-bond donors (Lipinski definition) is 1. The molecule has 1 aliphatic heterocycles. The second kappa shape index (κ2) is 4.76. The molecule has 0 unspecified atom stereocenters. The molecule has 6 heteroatoms. The van der Waals surface area contributed by atoms with Crippen LogP contribution in [0, 0.1) is 0 Å². The molecule has 1 aromatic rings. The van der Waals surface area contributed by atoms with E-state index < -0.39 is 0 Å². The van der Waals surface area contributed by atoms with E-state index in [-0.39, 0.29) is 17.2 Å². The molecule has 1 amide bonds. The van der Waals surface area contributed by atoms with Gasteiger partial charge in [-0.25, -0.2) is 9.97 Å². The van der Waals surface area contributed by atoms with Crippen molar-refractivity contribution in [3.63, 3.8) is 0 Å². The first-order valence-electron chi connectivity index (χ1n) is 5.11. The average molecular weight is 242 g/mol. The molecule has 0 saturated carbocycles. The van der Waals surface area contributed by atoms with Gasteiger partial charge in [-0.1, -0.05) is 11.6 Å². The van der Waals surface area contributed by atoms with Gasteiger partial charge in [-0.3, -0.25) is 4.79 Å². The zero-order chi connectivity index (χ0) is 11.5. The Balaban J connectivity index is 2.05. The number of likely N-dealkylation sites (tertiary alicyclic amines) is 1. The Hall–Kier alpha value is -1.20. The number of halogens is 1. The summed E-state index contributed by atoms with van der Waals surface area (Å²) in [5, 5.41) is 9.60. The number of carbonyl (C=O) groups is 1. The molecule has 16 heavy (non-hydrogen) atoms. The van der Waals surface area contributed by atoms with Crippen LogP contribution in [0.1, 0.15) is 23.3 Å². The van der Waals surface area contributed by atoms with Crippen LogP contribution in [-0.4, -0.2) is 45.1 Å². The van der Waals surface area contributed by atoms with E-state index in [2.05, 4.69) is 9.97 Å². The molecule has 0 spiro atoms. The number of carbonyl (C=O) groups excluding carboxylic acids is 1. The molecule has 2 rings (SSSR count). The molecule has 1 N–H and O–H groups in total. The third-order valence-electron chi connectivity index (χ3n) is 2.59. The number of amides is 1. The molecule has 86 valence electrons. The number of nitrogens with zero attached hydrogens (tertiary/aromatic N) is 3. The van der Waals surface area contributed by atoms with Crippen molar-refractivity contribution in [2.24, 2.45) is 0 Å². The number of aromatic nitrogens is 2. The predicted molar refractivity (Wildman–Crippen MR) is 58.2 cm³/mol. The van der Waals surface area contributed by atoms with Crippen molar-refractivity contribution in [1.82, 2.24) is 14.9 Å². The number of aliphatic hydroxyl groups excluding tert-OH is 1. The number of aliphatic hydroxyl groups is 1. The second-order valence-corrected chi connectivity index (χ2v) is 4.13. The number of rotatable bonds is 1. The van der Waals surface area contributed by atoms with E-state index in [4.69, 9.17) is 11.6 Å². The van der Waals surface area contributed by atoms with Crippen LogP contribution in [0.3, 0.4) is 0 Å². The SMILES string of the molecule is O=C(c1cnc(Cl)cn1)N1CCC(O)CC1. The van der Waals surface area contributed by atoms with Gasteiger partial charge in [-0.15, -0.1) is 0 Å². The third kappa shape index (κ3) is 2.48. The molecular formula is C10H12ClN3O2. The van der Waals surface area contributed by atoms with E-state index in [0.717, 1.165) is 0 Å². The van der Waals surface area contributed by atoms with Crippen LogP contribution in [-0.2, 0) is 0 Å². The van der Waals surface area contributed by atoms with Crippen LogP contribution in [0.5, 0.6) is 0 Å². The van der Waals surface area contributed by atoms with Gasteiger partial charge < -0.3 is 10.0 Å². The summed E-state index contributed by atoms with van der Waals surface area (Å²) in [6, 6.07) is 0. The van der Waals surface area contributed by atoms with Crippen molar-refractivity contribution < 1.29 is 9.90 Å². The van der Waals surface area contributed by atoms with Gasteiger partial charge in [0.2, 0.25) is 0 Å². The van der Waals surface area contributed by atoms with E-state index in [1.54, 1.807) is 4.90 Å². The van der Waals surface area contributed by atoms with E-state index >= 15 is 0 Å². The van der Waals surface area contributed by atoms with Gasteiger partial charge in [-0.05, 0) is 12.8 Å². The maximum Gasteiger partial charge on any atom is 0.274 e. The third-order valence-corrected chi connectivity index (χ3v) is 2.79. The van der Waals surface area contributed by atoms with Crippen LogP contribution in [0.15, 0.2) is 12.4 Å². The predicted octanol–water partition coefficient (Wildman–Crippen LogP) is 0.727. The monoisotopic (exact) mass is 241 g/mol. The van der Waals surface area contributed by atoms with Gasteiger partial charge >= 0.3 is 0 Å². The first-order chi connectivity index (χ1) is 7.66. The molecule has 1 saturated heterocycles. The van der Waals surface area contributed by atoms with Crippen molar-refractivity contribution in [3.8, 4) is 0 Å². The minimum Gasteiger partial charge on any atom is -0.393 e. The fourth-order valence-corrected chi connectivity index (χ4v) is 1.75. The molecule has 0 aliphatic carbocycles. The summed E-state index contributed by atoms with van der Waals surface area (Å²) in [6.07, 6.45) is 3.67. The molecule has 0 atom stereocenters. The highest BCUT2D eigenvalue weighted by Gasteiger charge is 2.23. The average Bonchev–Trinajstić information content (AvgIpc) is 2.30. The number of piperidine rings is 1. The quantitative estimate of drug-likeness (QED) is 0.787. The smallest absolute Gasteiger partial charge is 0.274 e. The highest BCUT2D eigenvalue weighted by molar-refractivity contribution is 6.29. The van der Waals surface area contributed by atoms with Gasteiger partial charge in [0, 0.05) is 13.1 Å². The highest BCUT2D eigenvalue weighted by Crippen LogP contribution is 2.12. The summed E-state index contributed by atoms with van der Waals surface area (Å²) < 4.78 is 0. The largest absolute Gasteiger partial charge is 0.393 e. The lowest BCUT2D eigenvalue weighted by Crippen LogP contribution is -2.40. The Kier molecular flexibility index (Phi) is 3.36. The van der Waals surface area contributed by atoms with Gasteiger partial charge in [-0.2, -0.15) is 0 Å². The minimum atomic E-state index is -0.291. The normalized spacial score (nSPS) is 17.5. The van der Waals surface area contributed by atoms with E-state index in [0.29, 0.717) is 31.6 Å². The van der Waals surface area contributed by atoms with Crippen molar-refractivity contribution >= 4 is 17.5 Å². The summed E-state index contributed by atoms with van der Waals surface area (Å²) in [7, 11) is 0. The Morgan fingerprint density at radius 1 is 1.38 bits per heavy atom. The van der Waals surface area contributed by atoms with Gasteiger partial charge in [0.05, 0.1) is 18.5 Å². The lowest BCUT2D eigenvalue weighted by molar-refractivity contribution is 0.0541. The first-order valence-corrected chi connectivity index (χ1v) is 5.49. The molecule has 0 radical (unpaired) electrons. The summed E-state index contributed by atoms with van der Waals surface area (Å²) in [5.41, 5.74) is 0.292. The van der Waals surface area contributed by atoms with Gasteiger partial charge in [0.25, 0.3) is 5.91 Å². The topological polar surface area (TPSA) is 66.3 Å². The van der Waals surface area contributed by atoms with Crippen LogP contribution >= 0.6 is 11.6 Å². The maximum atomic E-state index is 11.9. The lowest BCUT2D eigenvalue weighted by atomic mass is 10.1. The Morgan fingerprint density at radius 2 is 2.06 bits per heavy atom. The zero-order valence-corrected chi connectivity index (χ0v) is 9.39. The summed E-state index contributed by atoms with van der Waals surface area (Å²) in [6.45, 7) is 1.12. The maximum absolute atomic E-state index is 11.9. The van der Waals surface area contributed by atoms with Crippen molar-refractivity contribution in [1.29, 1.82) is 0 Å². The Morgan fingerprint density at radius 3 is 2.62 bits per heavy atom. The molecule has 5 nitrogen and oxygen atoms in total. The van der Waals surface area contributed by atoms with Crippen LogP contribution < -0.4 is 0 Å². The lowest BCUT2D eigenvalue weighted by Gasteiger charge is -2.29. The minimum absolute atomic E-state index is 0.156. The van der Waals surface area contributed by atoms with E-state index in [1.807, 2.05) is 0 Å². The summed E-state index contributed by atoms with van der Waals surface area (Å²) >= 11 is 5.59. The Labute approximate surface area is 98.1 Å². The zero-order valence-electron chi connectivity index (χ0n) is 8.64. The van der Waals surface area contributed by atoms with Gasteiger partial charge in [0.1, 0.15) is 10.8 Å². The van der Waals surface area contributed by atoms with Crippen LogP contribution in [0.2, 0.25) is 5.15 Å². The van der Waals surface area contributed by atoms with Crippen molar-refractivity contribution in [2.45, 2.75) is 18.9 Å². The standard InChI is InChI=1S/C10H12ClN3O2/c11-9-6-12-8(5-13-9)10(16)14-3-1-7(15)2-4-14/h5-7,15H,1-4H2. The molecule has 0 aromatic carbocycles. The molecule has 2 heterocycles. The van der Waals surface area contributed by atoms with Crippen LogP contribution in [0.4, 0.5) is 0 Å². The molecule has 1 aromatic heterocycles. The molecular weight excluding hydrogens is 230 g/mol. The first kappa shape index (κ1) is 11.3. The molecule has 0 bridgehead atoms. The molecule has 1 aliphatic rings. The van der Waals surface area contributed by atoms with Crippen molar-refractivity contribution in [3.05, 3.63) is 23.2 Å². The second-order valence-electron chi connectivity index (χ2n) is 3.75. The highest BCUT2D eigenvalue weighted by atomic mass is 35.5. The Bertz CT molecular complexity index is 374. The van der Waals surface area contributed by atoms with E-state index in [9.17, 15) is 9.90 Å². The van der Waals surface area contributed by atoms with Gasteiger partial charge in [0.15, 0.2) is 0 Å². The fraction of sp³-hybridized carbons (Fsp3) is 0.500. The van der Waals surface area contributed by atoms with Crippen LogP contribution in [0.25, 0.3) is 0 Å². The van der Waals surface area contributed by atoms with E-state index in [1.165, 1.54) is 12.4 Å².